The molecule has 0 saturated carbocycles. The van der Waals surface area contributed by atoms with Crippen LogP contribution in [-0.2, 0) is 21.1 Å². The molecule has 0 spiro atoms. The minimum atomic E-state index is -3.40. The molecule has 9 nitrogen and oxygen atoms in total. The molecule has 1 unspecified atom stereocenters. The summed E-state index contributed by atoms with van der Waals surface area (Å²) in [5, 5.41) is 14.6. The first-order valence-corrected chi connectivity index (χ1v) is 14.1. The van der Waals surface area contributed by atoms with E-state index < -0.39 is 27.3 Å². The summed E-state index contributed by atoms with van der Waals surface area (Å²) in [6.07, 6.45) is 0.577. The first kappa shape index (κ1) is 29.4. The topological polar surface area (TPSA) is 141 Å². The van der Waals surface area contributed by atoms with E-state index in [1.165, 1.54) is 54.7 Å². The normalized spacial score (nSPS) is 12.7. The Morgan fingerprint density at radius 1 is 0.902 bits per heavy atom. The molecule has 4 aromatic rings. The smallest absolute Gasteiger partial charge is 0.412 e. The highest BCUT2D eigenvalue weighted by Gasteiger charge is 2.19. The molecule has 0 saturated heterocycles. The van der Waals surface area contributed by atoms with Crippen LogP contribution in [0.1, 0.15) is 36.8 Å². The van der Waals surface area contributed by atoms with Crippen molar-refractivity contribution in [3.05, 3.63) is 102 Å². The first-order chi connectivity index (χ1) is 19.4. The van der Waals surface area contributed by atoms with E-state index in [-0.39, 0.29) is 39.2 Å². The van der Waals surface area contributed by atoms with E-state index in [9.17, 15) is 18.2 Å². The molecule has 11 heteroatoms. The zero-order chi connectivity index (χ0) is 29.8. The number of benzene rings is 3. The maximum absolute atomic E-state index is 13.5. The molecular formula is C30H29FN4O5S. The van der Waals surface area contributed by atoms with Crippen LogP contribution >= 0.6 is 0 Å². The van der Waals surface area contributed by atoms with E-state index in [1.54, 1.807) is 51.1 Å². The van der Waals surface area contributed by atoms with Gasteiger partial charge in [0.1, 0.15) is 21.1 Å². The number of nitrogens with zero attached hydrogens (tertiary/aromatic N) is 1. The third kappa shape index (κ3) is 7.33. The van der Waals surface area contributed by atoms with Gasteiger partial charge in [-0.2, -0.15) is 0 Å². The molecule has 1 aromatic heterocycles. The summed E-state index contributed by atoms with van der Waals surface area (Å²) in [7, 11) is -3.40. The predicted molar refractivity (Wildman–Crippen MR) is 154 cm³/mol. The highest BCUT2D eigenvalue weighted by molar-refractivity contribution is 7.92. The number of anilines is 2. The van der Waals surface area contributed by atoms with E-state index in [0.29, 0.717) is 16.8 Å². The molecule has 0 bridgehead atoms. The van der Waals surface area contributed by atoms with Gasteiger partial charge in [-0.3, -0.25) is 15.1 Å². The Bertz CT molecular complexity index is 1670. The Kier molecular flexibility index (Phi) is 8.50. The number of aromatic nitrogens is 1. The number of carbonyl (C=O) groups excluding carboxylic acids is 2. The molecule has 1 heterocycles. The van der Waals surface area contributed by atoms with Crippen LogP contribution in [0.3, 0.4) is 0 Å². The highest BCUT2D eigenvalue weighted by atomic mass is 32.2. The number of pyridine rings is 1. The number of carbonyl (C=O) groups is 2. The van der Waals surface area contributed by atoms with Gasteiger partial charge >= 0.3 is 6.09 Å². The van der Waals surface area contributed by atoms with Crippen molar-refractivity contribution in [2.24, 2.45) is 0 Å². The first-order valence-electron chi connectivity index (χ1n) is 12.5. The lowest BCUT2D eigenvalue weighted by Gasteiger charge is -2.21. The fraction of sp³-hybridized carbons (Fsp3) is 0.167. The van der Waals surface area contributed by atoms with Crippen molar-refractivity contribution < 1.29 is 28.0 Å². The van der Waals surface area contributed by atoms with Crippen molar-refractivity contribution >= 4 is 33.1 Å². The standard InChI is InChI=1S/C30H29FN4O5S/c1-30(2,3)40-29(38)35-26-15-8-21(19-4-9-22(31)10-5-19)16-27(26)34-28(37)20-6-12-24(13-7-20)41(32,39)25-14-11-23(18-36)33-17-25/h4-17,32,36H,18H2,1-3H3,(H,34,37)(H,35,38). The lowest BCUT2D eigenvalue weighted by atomic mass is 10.0. The molecule has 4 rings (SSSR count). The lowest BCUT2D eigenvalue weighted by molar-refractivity contribution is 0.0635. The van der Waals surface area contributed by atoms with Crippen molar-refractivity contribution in [2.45, 2.75) is 42.8 Å². The van der Waals surface area contributed by atoms with Gasteiger partial charge in [0.2, 0.25) is 0 Å². The summed E-state index contributed by atoms with van der Waals surface area (Å²) in [5.41, 5.74) is 1.78. The zero-order valence-corrected chi connectivity index (χ0v) is 23.4. The molecule has 4 N–H and O–H groups in total. The Labute approximate surface area is 237 Å². The second-order valence-electron chi connectivity index (χ2n) is 10.1. The SMILES string of the molecule is CC(C)(C)OC(=O)Nc1ccc(-c2ccc(F)cc2)cc1NC(=O)c1ccc(S(=N)(=O)c2ccc(CO)nc2)cc1. The fourth-order valence-electron chi connectivity index (χ4n) is 3.80. The van der Waals surface area contributed by atoms with Gasteiger partial charge in [0, 0.05) is 11.8 Å². The monoisotopic (exact) mass is 576 g/mol. The predicted octanol–water partition coefficient (Wildman–Crippen LogP) is 6.44. The number of amides is 2. The van der Waals surface area contributed by atoms with E-state index in [2.05, 4.69) is 15.6 Å². The number of rotatable bonds is 7. The molecule has 3 aromatic carbocycles. The van der Waals surface area contributed by atoms with Gasteiger partial charge in [0.25, 0.3) is 5.91 Å². The number of aliphatic hydroxyl groups is 1. The van der Waals surface area contributed by atoms with Crippen molar-refractivity contribution in [2.75, 3.05) is 10.6 Å². The Balaban J connectivity index is 1.60. The molecule has 2 amide bonds. The van der Waals surface area contributed by atoms with E-state index in [0.717, 1.165) is 0 Å². The Morgan fingerprint density at radius 2 is 1.54 bits per heavy atom. The third-order valence-electron chi connectivity index (χ3n) is 5.82. The van der Waals surface area contributed by atoms with Gasteiger partial charge in [-0.15, -0.1) is 0 Å². The Morgan fingerprint density at radius 3 is 2.12 bits per heavy atom. The molecule has 1 atom stereocenters. The average molecular weight is 577 g/mol. The summed E-state index contributed by atoms with van der Waals surface area (Å²) >= 11 is 0. The Hall–Kier alpha value is -4.61. The van der Waals surface area contributed by atoms with Crippen LogP contribution in [0.5, 0.6) is 0 Å². The van der Waals surface area contributed by atoms with E-state index in [4.69, 9.17) is 14.6 Å². The van der Waals surface area contributed by atoms with E-state index >= 15 is 0 Å². The molecule has 0 radical (unpaired) electrons. The minimum absolute atomic E-state index is 0.169. The quantitative estimate of drug-likeness (QED) is 0.199. The van der Waals surface area contributed by atoms with Crippen molar-refractivity contribution in [3.63, 3.8) is 0 Å². The van der Waals surface area contributed by atoms with Crippen LogP contribution in [0.2, 0.25) is 0 Å². The number of aliphatic hydroxyl groups excluding tert-OH is 1. The van der Waals surface area contributed by atoms with Crippen molar-refractivity contribution in [1.29, 1.82) is 4.78 Å². The zero-order valence-electron chi connectivity index (χ0n) is 22.6. The van der Waals surface area contributed by atoms with Crippen LogP contribution in [-0.4, -0.2) is 31.9 Å². The van der Waals surface area contributed by atoms with Crippen LogP contribution in [0, 0.1) is 10.6 Å². The molecule has 0 aliphatic rings. The van der Waals surface area contributed by atoms with Gasteiger partial charge in [-0.25, -0.2) is 18.2 Å². The molecule has 0 fully saturated rings. The second-order valence-corrected chi connectivity index (χ2v) is 12.1. The molecule has 41 heavy (non-hydrogen) atoms. The average Bonchev–Trinajstić information content (AvgIpc) is 2.93. The molecule has 0 aliphatic carbocycles. The largest absolute Gasteiger partial charge is 0.444 e. The van der Waals surface area contributed by atoms with Gasteiger partial charge in [0.05, 0.1) is 33.5 Å². The molecular weight excluding hydrogens is 547 g/mol. The van der Waals surface area contributed by atoms with Crippen LogP contribution < -0.4 is 10.6 Å². The maximum atomic E-state index is 13.5. The van der Waals surface area contributed by atoms with Crippen LogP contribution in [0.15, 0.2) is 94.9 Å². The highest BCUT2D eigenvalue weighted by Crippen LogP contribution is 2.31. The lowest BCUT2D eigenvalue weighted by Crippen LogP contribution is -2.27. The number of nitrogens with one attached hydrogen (secondary N) is 3. The van der Waals surface area contributed by atoms with Gasteiger partial charge in [-0.05, 0) is 92.6 Å². The van der Waals surface area contributed by atoms with Gasteiger partial charge < -0.3 is 15.2 Å². The number of hydrogen-bond acceptors (Lipinski definition) is 7. The van der Waals surface area contributed by atoms with Gasteiger partial charge in [-0.1, -0.05) is 18.2 Å². The van der Waals surface area contributed by atoms with Crippen LogP contribution in [0.4, 0.5) is 20.6 Å². The van der Waals surface area contributed by atoms with Gasteiger partial charge in [0.15, 0.2) is 0 Å². The second kappa shape index (κ2) is 11.9. The summed E-state index contributed by atoms with van der Waals surface area (Å²) in [5.74, 6) is -0.908. The fourth-order valence-corrected chi connectivity index (χ4v) is 5.05. The maximum Gasteiger partial charge on any atom is 0.412 e. The summed E-state index contributed by atoms with van der Waals surface area (Å²) in [6, 6.07) is 19.5. The molecule has 212 valence electrons. The number of ether oxygens (including phenoxy) is 1. The van der Waals surface area contributed by atoms with Crippen molar-refractivity contribution in [3.8, 4) is 11.1 Å². The van der Waals surface area contributed by atoms with Crippen LogP contribution in [0.25, 0.3) is 11.1 Å². The number of halogens is 1. The summed E-state index contributed by atoms with van der Waals surface area (Å²) in [6.45, 7) is 4.91. The summed E-state index contributed by atoms with van der Waals surface area (Å²) in [4.78, 5) is 30.0. The third-order valence-corrected chi connectivity index (χ3v) is 7.66. The van der Waals surface area contributed by atoms with E-state index in [1.807, 2.05) is 0 Å². The minimum Gasteiger partial charge on any atom is -0.444 e. The molecule has 0 aliphatic heterocycles. The van der Waals surface area contributed by atoms with Crippen molar-refractivity contribution in [1.82, 2.24) is 4.98 Å². The summed E-state index contributed by atoms with van der Waals surface area (Å²) < 4.78 is 40.4. The number of hydrogen-bond donors (Lipinski definition) is 4.